The van der Waals surface area contributed by atoms with Crippen molar-refractivity contribution in [1.29, 1.82) is 5.26 Å². The molecule has 0 radical (unpaired) electrons. The first-order valence-electron chi connectivity index (χ1n) is 5.58. The van der Waals surface area contributed by atoms with Crippen LogP contribution in [0.2, 0.25) is 5.02 Å². The molecule has 0 unspecified atom stereocenters. The number of nitro benzene ring substituents is 1. The fourth-order valence-corrected chi connectivity index (χ4v) is 1.77. The molecule has 0 saturated carbocycles. The smallest absolute Gasteiger partial charge is 0.288 e. The molecule has 0 fully saturated rings. The lowest BCUT2D eigenvalue weighted by atomic mass is 10.1. The van der Waals surface area contributed by atoms with Gasteiger partial charge in [0.15, 0.2) is 0 Å². The number of nitriles is 1. The number of nitro groups is 1. The summed E-state index contributed by atoms with van der Waals surface area (Å²) in [5.74, 6) is 0.135. The number of anilines is 1. The third-order valence-electron chi connectivity index (χ3n) is 2.64. The number of nitrogens with one attached hydrogen (secondary N) is 2. The second kappa shape index (κ2) is 5.98. The molecule has 2 aromatic rings. The van der Waals surface area contributed by atoms with Gasteiger partial charge in [-0.2, -0.15) is 10.5 Å². The fraction of sp³-hybridized carbons (Fsp3) is 0.0909. The summed E-state index contributed by atoms with van der Waals surface area (Å²) in [7, 11) is 0. The van der Waals surface area contributed by atoms with Gasteiger partial charge in [-0.05, 0) is 23.8 Å². The van der Waals surface area contributed by atoms with Crippen molar-refractivity contribution in [3.05, 3.63) is 44.9 Å². The van der Waals surface area contributed by atoms with Crippen LogP contribution in [0.25, 0.3) is 5.57 Å². The molecule has 21 heavy (non-hydrogen) atoms. The summed E-state index contributed by atoms with van der Waals surface area (Å²) < 4.78 is 0. The maximum absolute atomic E-state index is 10.8. The number of H-pyrrole nitrogens is 1. The monoisotopic (exact) mass is 305 g/mol. The van der Waals surface area contributed by atoms with Gasteiger partial charge in [0.25, 0.3) is 5.69 Å². The Labute approximate surface area is 123 Å². The van der Waals surface area contributed by atoms with E-state index in [1.54, 1.807) is 6.92 Å². The minimum atomic E-state index is -0.561. The summed E-state index contributed by atoms with van der Waals surface area (Å²) >= 11 is 5.94. The van der Waals surface area contributed by atoms with E-state index in [-0.39, 0.29) is 22.1 Å². The zero-order chi connectivity index (χ0) is 15.4. The Morgan fingerprint density at radius 1 is 1.62 bits per heavy atom. The van der Waals surface area contributed by atoms with Crippen LogP contribution in [-0.4, -0.2) is 25.5 Å². The molecule has 0 atom stereocenters. The molecule has 9 nitrogen and oxygen atoms in total. The highest BCUT2D eigenvalue weighted by molar-refractivity contribution is 6.33. The Hall–Kier alpha value is -2.99. The number of aromatic nitrogens is 4. The molecule has 1 aromatic carbocycles. The summed E-state index contributed by atoms with van der Waals surface area (Å²) in [5, 5.41) is 35.6. The minimum Gasteiger partial charge on any atom is -0.360 e. The topological polar surface area (TPSA) is 133 Å². The van der Waals surface area contributed by atoms with E-state index >= 15 is 0 Å². The van der Waals surface area contributed by atoms with E-state index < -0.39 is 4.92 Å². The van der Waals surface area contributed by atoms with Crippen LogP contribution in [-0.2, 0) is 0 Å². The van der Waals surface area contributed by atoms with Crippen molar-refractivity contribution < 1.29 is 4.92 Å². The number of benzene rings is 1. The van der Waals surface area contributed by atoms with Gasteiger partial charge in [-0.3, -0.25) is 10.1 Å². The highest BCUT2D eigenvalue weighted by Crippen LogP contribution is 2.32. The van der Waals surface area contributed by atoms with Gasteiger partial charge in [-0.25, -0.2) is 0 Å². The molecule has 10 heteroatoms. The Balaban J connectivity index is 2.31. The van der Waals surface area contributed by atoms with Gasteiger partial charge < -0.3 is 5.32 Å². The molecule has 0 bridgehead atoms. The third-order valence-corrected chi connectivity index (χ3v) is 3.12. The number of halogens is 1. The van der Waals surface area contributed by atoms with Crippen molar-refractivity contribution in [3.8, 4) is 6.07 Å². The average Bonchev–Trinajstić information content (AvgIpc) is 2.97. The molecule has 0 saturated heterocycles. The minimum absolute atomic E-state index is 0.0384. The summed E-state index contributed by atoms with van der Waals surface area (Å²) in [6, 6.07) is 4.70. The van der Waals surface area contributed by atoms with Gasteiger partial charge >= 0.3 is 0 Å². The van der Waals surface area contributed by atoms with Gasteiger partial charge in [-0.15, -0.1) is 10.2 Å². The van der Waals surface area contributed by atoms with E-state index in [1.165, 1.54) is 18.3 Å². The standard InChI is InChI=1S/C11H8ClN7O2/c1-6-8(2-3-9(10(6)12)19(20)21)14-5-7(4-13)11-15-17-18-16-11/h2-3,5,14H,1H3,(H,15,16,17,18). The van der Waals surface area contributed by atoms with Crippen LogP contribution >= 0.6 is 11.6 Å². The first-order valence-corrected chi connectivity index (χ1v) is 5.96. The van der Waals surface area contributed by atoms with Crippen molar-refractivity contribution in [3.63, 3.8) is 0 Å². The summed E-state index contributed by atoms with van der Waals surface area (Å²) in [6.07, 6.45) is 1.37. The molecule has 1 heterocycles. The lowest BCUT2D eigenvalue weighted by Gasteiger charge is -2.07. The molecule has 2 N–H and O–H groups in total. The van der Waals surface area contributed by atoms with E-state index in [9.17, 15) is 10.1 Å². The predicted octanol–water partition coefficient (Wildman–Crippen LogP) is 2.05. The third kappa shape index (κ3) is 2.96. The van der Waals surface area contributed by atoms with Crippen molar-refractivity contribution in [2.75, 3.05) is 5.32 Å². The Bertz CT molecular complexity index is 749. The Morgan fingerprint density at radius 3 is 2.95 bits per heavy atom. The first-order chi connectivity index (χ1) is 10.0. The molecule has 0 amide bonds. The van der Waals surface area contributed by atoms with Crippen molar-refractivity contribution >= 4 is 28.5 Å². The number of hydrogen-bond donors (Lipinski definition) is 2. The molecule has 106 valence electrons. The van der Waals surface area contributed by atoms with Gasteiger partial charge in [0.05, 0.1) is 4.92 Å². The zero-order valence-corrected chi connectivity index (χ0v) is 11.4. The van der Waals surface area contributed by atoms with E-state index in [0.717, 1.165) is 0 Å². The molecule has 0 aliphatic rings. The van der Waals surface area contributed by atoms with Crippen LogP contribution < -0.4 is 5.32 Å². The largest absolute Gasteiger partial charge is 0.360 e. The highest BCUT2D eigenvalue weighted by atomic mass is 35.5. The van der Waals surface area contributed by atoms with Crippen LogP contribution in [0.15, 0.2) is 18.3 Å². The molecule has 1 aromatic heterocycles. The lowest BCUT2D eigenvalue weighted by Crippen LogP contribution is -1.97. The molecular weight excluding hydrogens is 298 g/mol. The van der Waals surface area contributed by atoms with Crippen molar-refractivity contribution in [2.45, 2.75) is 6.92 Å². The summed E-state index contributed by atoms with van der Waals surface area (Å²) in [5.41, 5.74) is 0.995. The quantitative estimate of drug-likeness (QED) is 0.501. The van der Waals surface area contributed by atoms with Gasteiger partial charge in [0.2, 0.25) is 5.82 Å². The lowest BCUT2D eigenvalue weighted by molar-refractivity contribution is -0.384. The highest BCUT2D eigenvalue weighted by Gasteiger charge is 2.16. The molecule has 0 aliphatic carbocycles. The number of aromatic amines is 1. The van der Waals surface area contributed by atoms with E-state index in [4.69, 9.17) is 16.9 Å². The number of nitrogens with zero attached hydrogens (tertiary/aromatic N) is 5. The Morgan fingerprint density at radius 2 is 2.38 bits per heavy atom. The van der Waals surface area contributed by atoms with Crippen LogP contribution in [0.1, 0.15) is 11.4 Å². The Kier molecular flexibility index (Phi) is 4.10. The van der Waals surface area contributed by atoms with Crippen LogP contribution in [0.3, 0.4) is 0 Å². The second-order valence-electron chi connectivity index (χ2n) is 3.88. The normalized spacial score (nSPS) is 11.0. The fourth-order valence-electron chi connectivity index (χ4n) is 1.54. The number of rotatable bonds is 4. The zero-order valence-electron chi connectivity index (χ0n) is 10.7. The van der Waals surface area contributed by atoms with Gasteiger partial charge in [0, 0.05) is 18.0 Å². The first kappa shape index (κ1) is 14.4. The van der Waals surface area contributed by atoms with Crippen LogP contribution in [0.4, 0.5) is 11.4 Å². The number of allylic oxidation sites excluding steroid dienone is 1. The van der Waals surface area contributed by atoms with Crippen molar-refractivity contribution in [2.24, 2.45) is 0 Å². The second-order valence-corrected chi connectivity index (χ2v) is 4.26. The van der Waals surface area contributed by atoms with Gasteiger partial charge in [-0.1, -0.05) is 11.6 Å². The van der Waals surface area contributed by atoms with E-state index in [2.05, 4.69) is 25.9 Å². The average molecular weight is 306 g/mol. The predicted molar refractivity (Wildman–Crippen MR) is 74.2 cm³/mol. The number of tetrazole rings is 1. The molecule has 0 spiro atoms. The molecule has 0 aliphatic heterocycles. The molecule has 2 rings (SSSR count). The SMILES string of the molecule is Cc1c(NC=C(C#N)c2nn[nH]n2)ccc([N+](=O)[O-])c1Cl. The van der Waals surface area contributed by atoms with Crippen molar-refractivity contribution in [1.82, 2.24) is 20.6 Å². The maximum Gasteiger partial charge on any atom is 0.288 e. The molecular formula is C11H8ClN7O2. The maximum atomic E-state index is 10.8. The van der Waals surface area contributed by atoms with E-state index in [1.807, 2.05) is 6.07 Å². The van der Waals surface area contributed by atoms with Crippen LogP contribution in [0.5, 0.6) is 0 Å². The van der Waals surface area contributed by atoms with Crippen LogP contribution in [0, 0.1) is 28.4 Å². The summed E-state index contributed by atoms with van der Waals surface area (Å²) in [4.78, 5) is 10.2. The number of hydrogen-bond acceptors (Lipinski definition) is 7. The van der Waals surface area contributed by atoms with Gasteiger partial charge in [0.1, 0.15) is 16.7 Å². The summed E-state index contributed by atoms with van der Waals surface area (Å²) in [6.45, 7) is 1.63. The van der Waals surface area contributed by atoms with E-state index in [0.29, 0.717) is 11.3 Å².